The molecule has 0 saturated heterocycles. The highest BCUT2D eigenvalue weighted by molar-refractivity contribution is 5.85. The minimum Gasteiger partial charge on any atom is -0.478 e. The molecule has 0 bridgehead atoms. The number of carboxylic acids is 1. The quantitative estimate of drug-likeness (QED) is 0.434. The van der Waals surface area contributed by atoms with Crippen LogP contribution in [0, 0.1) is 17.5 Å². The highest BCUT2D eigenvalue weighted by Gasteiger charge is 2.43. The van der Waals surface area contributed by atoms with Gasteiger partial charge in [-0.2, -0.15) is 0 Å². The summed E-state index contributed by atoms with van der Waals surface area (Å²) in [6.07, 6.45) is 2.83. The molecule has 174 valence electrons. The van der Waals surface area contributed by atoms with Crippen LogP contribution in [0.4, 0.5) is 17.6 Å². The van der Waals surface area contributed by atoms with Crippen LogP contribution in [-0.2, 0) is 11.2 Å². The molecule has 0 saturated carbocycles. The maximum atomic E-state index is 15.4. The first-order valence-corrected chi connectivity index (χ1v) is 10.8. The third-order valence-corrected chi connectivity index (χ3v) is 6.24. The monoisotopic (exact) mass is 459 g/mol. The maximum Gasteiger partial charge on any atom is 0.328 e. The van der Waals surface area contributed by atoms with E-state index in [4.69, 9.17) is 5.11 Å². The predicted molar refractivity (Wildman–Crippen MR) is 119 cm³/mol. The van der Waals surface area contributed by atoms with Gasteiger partial charge in [-0.25, -0.2) is 22.4 Å². The van der Waals surface area contributed by atoms with Crippen molar-refractivity contribution in [2.45, 2.75) is 51.4 Å². The van der Waals surface area contributed by atoms with Crippen LogP contribution in [0.25, 0.3) is 11.6 Å². The van der Waals surface area contributed by atoms with Gasteiger partial charge in [0.25, 0.3) is 0 Å². The lowest BCUT2D eigenvalue weighted by atomic mass is 9.83. The summed E-state index contributed by atoms with van der Waals surface area (Å²) in [6, 6.07) is 5.54. The van der Waals surface area contributed by atoms with Crippen molar-refractivity contribution in [3.8, 4) is 0 Å². The smallest absolute Gasteiger partial charge is 0.328 e. The van der Waals surface area contributed by atoms with Gasteiger partial charge >= 0.3 is 5.97 Å². The minimum absolute atomic E-state index is 0.0418. The summed E-state index contributed by atoms with van der Waals surface area (Å²) in [6.45, 7) is 4.68. The van der Waals surface area contributed by atoms with Crippen LogP contribution in [0.2, 0.25) is 0 Å². The average molecular weight is 459 g/mol. The summed E-state index contributed by atoms with van der Waals surface area (Å²) < 4.78 is 59.5. The molecule has 0 fully saturated rings. The van der Waals surface area contributed by atoms with Gasteiger partial charge in [0.05, 0.1) is 6.04 Å². The van der Waals surface area contributed by atoms with Crippen molar-refractivity contribution in [2.24, 2.45) is 0 Å². The lowest BCUT2D eigenvalue weighted by molar-refractivity contribution is -0.131. The fourth-order valence-electron chi connectivity index (χ4n) is 4.99. The highest BCUT2D eigenvalue weighted by atomic mass is 19.1. The zero-order valence-corrected chi connectivity index (χ0v) is 18.6. The van der Waals surface area contributed by atoms with Crippen molar-refractivity contribution in [2.75, 3.05) is 6.54 Å². The number of halogens is 4. The first kappa shape index (κ1) is 23.2. The number of aliphatic carboxylic acids is 1. The third kappa shape index (κ3) is 4.60. The number of hydrogen-bond donors (Lipinski definition) is 1. The number of carbonyl (C=O) groups is 1. The summed E-state index contributed by atoms with van der Waals surface area (Å²) in [5.74, 6) is -3.29. The molecule has 0 spiro atoms. The van der Waals surface area contributed by atoms with Gasteiger partial charge in [-0.3, -0.25) is 4.90 Å². The van der Waals surface area contributed by atoms with E-state index in [1.54, 1.807) is 11.0 Å². The number of nitrogens with zero attached hydrogens (tertiary/aromatic N) is 1. The van der Waals surface area contributed by atoms with E-state index >= 15 is 8.78 Å². The standard InChI is InChI=1S/C26H25F4NO2/c1-14-8-19-18-12-17(27)6-5-16(18)11-20(19)25(31(14)13-26(2,3)30)24-21(28)9-15(10-22(24)29)4-7-23(32)33/h4-7,9-10,12,14,25H,8,11,13H2,1-3H3,(H,32,33)/b7-4+. The van der Waals surface area contributed by atoms with Gasteiger partial charge in [0, 0.05) is 24.2 Å². The fraction of sp³-hybridized carbons (Fsp3) is 0.346. The van der Waals surface area contributed by atoms with Crippen LogP contribution < -0.4 is 0 Å². The van der Waals surface area contributed by atoms with Gasteiger partial charge in [-0.1, -0.05) is 6.07 Å². The van der Waals surface area contributed by atoms with E-state index in [2.05, 4.69) is 0 Å². The van der Waals surface area contributed by atoms with Gasteiger partial charge in [0.15, 0.2) is 0 Å². The molecule has 2 aliphatic rings. The molecule has 0 aromatic heterocycles. The van der Waals surface area contributed by atoms with Crippen LogP contribution in [0.15, 0.2) is 42.0 Å². The largest absolute Gasteiger partial charge is 0.478 e. The Kier molecular flexibility index (Phi) is 5.95. The number of hydrogen-bond acceptors (Lipinski definition) is 2. The Morgan fingerprint density at radius 2 is 1.85 bits per heavy atom. The predicted octanol–water partition coefficient (Wildman–Crippen LogP) is 6.10. The summed E-state index contributed by atoms with van der Waals surface area (Å²) in [4.78, 5) is 12.5. The molecule has 2 aromatic rings. The third-order valence-electron chi connectivity index (χ3n) is 6.24. The molecule has 1 heterocycles. The van der Waals surface area contributed by atoms with Crippen molar-refractivity contribution in [3.63, 3.8) is 0 Å². The van der Waals surface area contributed by atoms with Crippen LogP contribution >= 0.6 is 0 Å². The first-order valence-electron chi connectivity index (χ1n) is 10.8. The molecule has 2 aromatic carbocycles. The summed E-state index contributed by atoms with van der Waals surface area (Å²) in [5.41, 5.74) is 1.46. The van der Waals surface area contributed by atoms with Crippen LogP contribution in [0.5, 0.6) is 0 Å². The van der Waals surface area contributed by atoms with E-state index in [0.717, 1.165) is 46.6 Å². The van der Waals surface area contributed by atoms with E-state index in [9.17, 15) is 13.6 Å². The number of fused-ring (bicyclic) bond motifs is 2. The second-order valence-electron chi connectivity index (χ2n) is 9.40. The molecule has 7 heteroatoms. The van der Waals surface area contributed by atoms with E-state index in [1.165, 1.54) is 26.0 Å². The SMILES string of the molecule is CC1CC2=C(Cc3ccc(F)cc32)C(c2c(F)cc(/C=C/C(=O)O)cc2F)N1CC(C)(C)F. The topological polar surface area (TPSA) is 40.5 Å². The molecule has 1 aliphatic carbocycles. The van der Waals surface area contributed by atoms with E-state index in [1.807, 2.05) is 6.92 Å². The van der Waals surface area contributed by atoms with E-state index in [0.29, 0.717) is 12.8 Å². The van der Waals surface area contributed by atoms with Gasteiger partial charge in [0.1, 0.15) is 23.1 Å². The Hall–Kier alpha value is -2.93. The average Bonchev–Trinajstić information content (AvgIpc) is 3.04. The maximum absolute atomic E-state index is 15.4. The van der Waals surface area contributed by atoms with Crippen LogP contribution in [-0.4, -0.2) is 34.2 Å². The van der Waals surface area contributed by atoms with Crippen molar-refractivity contribution in [1.82, 2.24) is 4.90 Å². The number of benzene rings is 2. The molecule has 2 atom stereocenters. The normalized spacial score (nSPS) is 20.9. The Balaban J connectivity index is 1.87. The second-order valence-corrected chi connectivity index (χ2v) is 9.40. The Bertz CT molecular complexity index is 1160. The van der Waals surface area contributed by atoms with Crippen molar-refractivity contribution >= 4 is 17.6 Å². The summed E-state index contributed by atoms with van der Waals surface area (Å²) in [7, 11) is 0. The van der Waals surface area contributed by atoms with E-state index in [-0.39, 0.29) is 29.5 Å². The number of rotatable bonds is 5. The lowest BCUT2D eigenvalue weighted by Gasteiger charge is -2.44. The Morgan fingerprint density at radius 1 is 1.18 bits per heavy atom. The van der Waals surface area contributed by atoms with Gasteiger partial charge < -0.3 is 5.11 Å². The highest BCUT2D eigenvalue weighted by Crippen LogP contribution is 2.50. The number of alkyl halides is 1. The fourth-order valence-corrected chi connectivity index (χ4v) is 4.99. The zero-order chi connectivity index (χ0) is 24.1. The molecular weight excluding hydrogens is 434 g/mol. The van der Waals surface area contributed by atoms with Crippen LogP contribution in [0.1, 0.15) is 55.5 Å². The molecule has 3 nitrogen and oxygen atoms in total. The molecule has 2 unspecified atom stereocenters. The van der Waals surface area contributed by atoms with Crippen molar-refractivity contribution in [3.05, 3.63) is 81.7 Å². The molecule has 1 N–H and O–H groups in total. The van der Waals surface area contributed by atoms with Crippen LogP contribution in [0.3, 0.4) is 0 Å². The van der Waals surface area contributed by atoms with E-state index < -0.39 is 29.3 Å². The van der Waals surface area contributed by atoms with Gasteiger partial charge in [0.2, 0.25) is 0 Å². The first-order chi connectivity index (χ1) is 15.4. The molecular formula is C26H25F4NO2. The van der Waals surface area contributed by atoms with Crippen molar-refractivity contribution < 1.29 is 27.5 Å². The zero-order valence-electron chi connectivity index (χ0n) is 18.6. The molecule has 4 rings (SSSR count). The van der Waals surface area contributed by atoms with Gasteiger partial charge in [-0.05, 0) is 91.8 Å². The minimum atomic E-state index is -1.61. The molecule has 1 aliphatic heterocycles. The molecule has 0 radical (unpaired) electrons. The van der Waals surface area contributed by atoms with Gasteiger partial charge in [-0.15, -0.1) is 0 Å². The summed E-state index contributed by atoms with van der Waals surface area (Å²) >= 11 is 0. The number of carboxylic acid groups (broad SMARTS) is 1. The Morgan fingerprint density at radius 3 is 2.45 bits per heavy atom. The molecule has 0 amide bonds. The lowest BCUT2D eigenvalue weighted by Crippen LogP contribution is -2.47. The Labute approximate surface area is 190 Å². The second kappa shape index (κ2) is 8.45. The van der Waals surface area contributed by atoms with Crippen molar-refractivity contribution in [1.29, 1.82) is 0 Å². The summed E-state index contributed by atoms with van der Waals surface area (Å²) in [5, 5.41) is 8.80. The molecule has 33 heavy (non-hydrogen) atoms.